The maximum atomic E-state index is 12.9. The minimum absolute atomic E-state index is 0.160. The lowest BCUT2D eigenvalue weighted by atomic mass is 9.74. The van der Waals surface area contributed by atoms with Crippen molar-refractivity contribution in [2.24, 2.45) is 17.8 Å². The van der Waals surface area contributed by atoms with Crippen molar-refractivity contribution in [3.8, 4) is 0 Å². The summed E-state index contributed by atoms with van der Waals surface area (Å²) in [6, 6.07) is 0. The normalized spacial score (nSPS) is 31.4. The smallest absolute Gasteiger partial charge is 0.426 e. The maximum absolute atomic E-state index is 12.9. The van der Waals surface area contributed by atoms with Crippen molar-refractivity contribution in [3.63, 3.8) is 0 Å². The third-order valence-corrected chi connectivity index (χ3v) is 4.81. The van der Waals surface area contributed by atoms with Crippen LogP contribution in [0, 0.1) is 17.8 Å². The molecule has 2 fully saturated rings. The van der Waals surface area contributed by atoms with Gasteiger partial charge in [-0.3, -0.25) is 0 Å². The number of fused-ring (bicyclic) bond motifs is 2. The number of hydrogen-bond acceptors (Lipinski definition) is 3. The van der Waals surface area contributed by atoms with Crippen LogP contribution in [0.4, 0.5) is 35.1 Å². The van der Waals surface area contributed by atoms with E-state index in [0.717, 1.165) is 0 Å². The Morgan fingerprint density at radius 1 is 0.917 bits per heavy atom. The first-order chi connectivity index (χ1) is 10.6. The Balaban J connectivity index is 2.16. The maximum Gasteiger partial charge on any atom is 0.426 e. The molecule has 2 bridgehead atoms. The van der Waals surface area contributed by atoms with E-state index in [1.807, 2.05) is 0 Å². The fourth-order valence-corrected chi connectivity index (χ4v) is 3.70. The molecule has 2 aliphatic rings. The summed E-state index contributed by atoms with van der Waals surface area (Å²) in [5.74, 6) is -9.99. The number of hydrogen-bond donors (Lipinski definition) is 1. The van der Waals surface area contributed by atoms with Crippen LogP contribution >= 0.6 is 0 Å². The SMILES string of the molecule is CC(F)(F)C(=O)OC1CC2CC1CC2C(O)(C(F)(F)F)C(F)(F)F. The molecule has 2 rings (SSSR count). The van der Waals surface area contributed by atoms with Gasteiger partial charge < -0.3 is 9.84 Å². The highest BCUT2D eigenvalue weighted by atomic mass is 19.4. The van der Waals surface area contributed by atoms with E-state index < -0.39 is 66.5 Å². The molecular weight excluding hydrogens is 356 g/mol. The molecule has 0 amide bonds. The first-order valence-electron chi connectivity index (χ1n) is 7.03. The standard InChI is InChI=1S/C13H14F8O3/c1-10(14,15)9(22)24-8-4-5-2-6(8)3-7(5)11(23,12(16,17)18)13(19,20)21/h5-8,23H,2-4H2,1H3. The van der Waals surface area contributed by atoms with Gasteiger partial charge in [0, 0.05) is 12.8 Å². The van der Waals surface area contributed by atoms with Crippen molar-refractivity contribution in [3.05, 3.63) is 0 Å². The van der Waals surface area contributed by atoms with Crippen molar-refractivity contribution in [1.82, 2.24) is 0 Å². The lowest BCUT2D eigenvalue weighted by Gasteiger charge is -2.41. The largest absolute Gasteiger partial charge is 0.458 e. The molecule has 24 heavy (non-hydrogen) atoms. The van der Waals surface area contributed by atoms with E-state index in [2.05, 4.69) is 4.74 Å². The predicted molar refractivity (Wildman–Crippen MR) is 61.9 cm³/mol. The van der Waals surface area contributed by atoms with Gasteiger partial charge in [0.15, 0.2) is 0 Å². The third kappa shape index (κ3) is 2.95. The number of ether oxygens (including phenoxy) is 1. The zero-order valence-electron chi connectivity index (χ0n) is 12.2. The van der Waals surface area contributed by atoms with E-state index >= 15 is 0 Å². The summed E-state index contributed by atoms with van der Waals surface area (Å²) in [4.78, 5) is 11.1. The fraction of sp³-hybridized carbons (Fsp3) is 0.923. The second-order valence-electron chi connectivity index (χ2n) is 6.43. The lowest BCUT2D eigenvalue weighted by molar-refractivity contribution is -0.389. The minimum Gasteiger partial charge on any atom is -0.458 e. The van der Waals surface area contributed by atoms with E-state index in [0.29, 0.717) is 0 Å². The molecule has 140 valence electrons. The van der Waals surface area contributed by atoms with Gasteiger partial charge in [-0.2, -0.15) is 35.1 Å². The van der Waals surface area contributed by atoms with Crippen LogP contribution in [0.25, 0.3) is 0 Å². The monoisotopic (exact) mass is 370 g/mol. The Bertz CT molecular complexity index is 493. The highest BCUT2D eigenvalue weighted by molar-refractivity contribution is 5.77. The van der Waals surface area contributed by atoms with E-state index in [4.69, 9.17) is 0 Å². The van der Waals surface area contributed by atoms with Crippen LogP contribution in [-0.2, 0) is 9.53 Å². The Kier molecular flexibility index (Phi) is 4.35. The van der Waals surface area contributed by atoms with Crippen molar-refractivity contribution in [2.75, 3.05) is 0 Å². The van der Waals surface area contributed by atoms with E-state index in [1.165, 1.54) is 0 Å². The van der Waals surface area contributed by atoms with Crippen molar-refractivity contribution < 1.29 is 49.8 Å². The van der Waals surface area contributed by atoms with Gasteiger partial charge in [0.1, 0.15) is 6.10 Å². The zero-order valence-corrected chi connectivity index (χ0v) is 12.2. The average Bonchev–Trinajstić information content (AvgIpc) is 2.93. The van der Waals surface area contributed by atoms with E-state index in [-0.39, 0.29) is 13.3 Å². The van der Waals surface area contributed by atoms with Crippen LogP contribution in [0.3, 0.4) is 0 Å². The summed E-state index contributed by atoms with van der Waals surface area (Å²) < 4.78 is 107. The number of halogens is 8. The molecule has 0 aromatic rings. The molecule has 1 N–H and O–H groups in total. The third-order valence-electron chi connectivity index (χ3n) is 4.81. The Morgan fingerprint density at radius 2 is 1.42 bits per heavy atom. The molecule has 0 heterocycles. The Hall–Kier alpha value is -1.13. The molecule has 4 atom stereocenters. The number of alkyl halides is 8. The molecule has 0 aliphatic heterocycles. The number of rotatable bonds is 3. The Morgan fingerprint density at radius 3 is 1.75 bits per heavy atom. The molecule has 0 radical (unpaired) electrons. The first-order valence-corrected chi connectivity index (χ1v) is 7.03. The molecule has 4 unspecified atom stereocenters. The van der Waals surface area contributed by atoms with Gasteiger partial charge in [0.2, 0.25) is 0 Å². The summed E-state index contributed by atoms with van der Waals surface area (Å²) in [5.41, 5.74) is -4.87. The Labute approximate surface area is 131 Å². The van der Waals surface area contributed by atoms with Gasteiger partial charge >= 0.3 is 24.2 Å². The zero-order chi connectivity index (χ0) is 18.7. The summed E-state index contributed by atoms with van der Waals surface area (Å²) in [6.45, 7) is 0.275. The van der Waals surface area contributed by atoms with Crippen molar-refractivity contribution in [1.29, 1.82) is 0 Å². The fourth-order valence-electron chi connectivity index (χ4n) is 3.70. The number of carbonyl (C=O) groups is 1. The van der Waals surface area contributed by atoms with Gasteiger partial charge in [0.05, 0.1) is 0 Å². The number of aliphatic hydroxyl groups is 1. The quantitative estimate of drug-likeness (QED) is 0.612. The van der Waals surface area contributed by atoms with Crippen LogP contribution in [-0.4, -0.2) is 41.1 Å². The van der Waals surface area contributed by atoms with E-state index in [1.54, 1.807) is 0 Å². The minimum atomic E-state index is -5.93. The molecular formula is C13H14F8O3. The molecule has 0 saturated heterocycles. The first kappa shape index (κ1) is 19.2. The molecule has 3 nitrogen and oxygen atoms in total. The number of esters is 1. The van der Waals surface area contributed by atoms with E-state index in [9.17, 15) is 45.0 Å². The molecule has 2 aliphatic carbocycles. The molecule has 0 aromatic carbocycles. The van der Waals surface area contributed by atoms with Crippen LogP contribution in [0.15, 0.2) is 0 Å². The summed E-state index contributed by atoms with van der Waals surface area (Å²) in [5, 5.41) is 9.43. The summed E-state index contributed by atoms with van der Waals surface area (Å²) in [6.07, 6.45) is -14.3. The van der Waals surface area contributed by atoms with Crippen molar-refractivity contribution in [2.45, 2.75) is 56.2 Å². The predicted octanol–water partition coefficient (Wildman–Crippen LogP) is 3.46. The molecule has 0 spiro atoms. The molecule has 11 heteroatoms. The lowest BCUT2D eigenvalue weighted by Crippen LogP contribution is -2.63. The van der Waals surface area contributed by atoms with Crippen LogP contribution < -0.4 is 0 Å². The van der Waals surface area contributed by atoms with Gasteiger partial charge in [0.25, 0.3) is 5.60 Å². The molecule has 0 aromatic heterocycles. The van der Waals surface area contributed by atoms with Crippen LogP contribution in [0.1, 0.15) is 26.2 Å². The highest BCUT2D eigenvalue weighted by Crippen LogP contribution is 2.60. The molecule has 2 saturated carbocycles. The second-order valence-corrected chi connectivity index (χ2v) is 6.43. The topological polar surface area (TPSA) is 46.5 Å². The number of carbonyl (C=O) groups excluding carboxylic acids is 1. The van der Waals surface area contributed by atoms with Gasteiger partial charge in [-0.1, -0.05) is 0 Å². The van der Waals surface area contributed by atoms with Crippen molar-refractivity contribution >= 4 is 5.97 Å². The summed E-state index contributed by atoms with van der Waals surface area (Å²) in [7, 11) is 0. The highest BCUT2D eigenvalue weighted by Gasteiger charge is 2.76. The van der Waals surface area contributed by atoms with Gasteiger partial charge in [-0.25, -0.2) is 4.79 Å². The van der Waals surface area contributed by atoms with Gasteiger partial charge in [-0.05, 0) is 31.1 Å². The van der Waals surface area contributed by atoms with Gasteiger partial charge in [-0.15, -0.1) is 0 Å². The van der Waals surface area contributed by atoms with Crippen LogP contribution in [0.2, 0.25) is 0 Å². The summed E-state index contributed by atoms with van der Waals surface area (Å²) >= 11 is 0. The second kappa shape index (κ2) is 5.43. The average molecular weight is 370 g/mol. The van der Waals surface area contributed by atoms with Crippen LogP contribution in [0.5, 0.6) is 0 Å².